The summed E-state index contributed by atoms with van der Waals surface area (Å²) < 4.78 is 16.7. The van der Waals surface area contributed by atoms with E-state index < -0.39 is 0 Å². The summed E-state index contributed by atoms with van der Waals surface area (Å²) in [5.41, 5.74) is 0. The van der Waals surface area contributed by atoms with Gasteiger partial charge in [0.1, 0.15) is 18.1 Å². The first-order chi connectivity index (χ1) is 7.77. The fraction of sp³-hybridized carbons (Fsp3) is 0.455. The highest BCUT2D eigenvalue weighted by Crippen LogP contribution is 2.28. The van der Waals surface area contributed by atoms with Crippen molar-refractivity contribution < 1.29 is 14.2 Å². The lowest BCUT2D eigenvalue weighted by molar-refractivity contribution is 0.111. The Hall–Kier alpha value is -0.450. The van der Waals surface area contributed by atoms with Crippen LogP contribution in [-0.4, -0.2) is 32.8 Å². The first-order valence-electron chi connectivity index (χ1n) is 4.88. The lowest BCUT2D eigenvalue weighted by Gasteiger charge is -2.09. The second-order valence-corrected chi connectivity index (χ2v) is 4.18. The highest BCUT2D eigenvalue weighted by molar-refractivity contribution is 9.10. The van der Waals surface area contributed by atoms with Gasteiger partial charge in [0.15, 0.2) is 0 Å². The summed E-state index contributed by atoms with van der Waals surface area (Å²) >= 11 is 8.87. The van der Waals surface area contributed by atoms with Gasteiger partial charge in [-0.05, 0) is 34.1 Å². The molecule has 0 amide bonds. The second kappa shape index (κ2) is 7.76. The van der Waals surface area contributed by atoms with Crippen molar-refractivity contribution in [1.82, 2.24) is 0 Å². The smallest absolute Gasteiger partial charge is 0.133 e. The van der Waals surface area contributed by atoms with E-state index in [1.54, 1.807) is 7.11 Å². The van der Waals surface area contributed by atoms with E-state index in [1.807, 2.05) is 18.2 Å². The standard InChI is InChI=1S/C11H14BrClO3/c1-14-9-2-3-11(10(12)8-9)16-7-6-15-5-4-13/h2-3,8H,4-7H2,1H3. The molecule has 0 aliphatic rings. The van der Waals surface area contributed by atoms with Crippen LogP contribution in [0, 0.1) is 0 Å². The Bertz CT molecular complexity index is 320. The molecule has 16 heavy (non-hydrogen) atoms. The predicted octanol–water partition coefficient (Wildman–Crippen LogP) is 3.09. The average molecular weight is 310 g/mol. The summed E-state index contributed by atoms with van der Waals surface area (Å²) in [4.78, 5) is 0. The summed E-state index contributed by atoms with van der Waals surface area (Å²) in [7, 11) is 1.63. The molecule has 1 aromatic carbocycles. The van der Waals surface area contributed by atoms with Gasteiger partial charge in [-0.15, -0.1) is 11.6 Å². The van der Waals surface area contributed by atoms with Crippen LogP contribution in [0.25, 0.3) is 0 Å². The van der Waals surface area contributed by atoms with Gasteiger partial charge in [-0.3, -0.25) is 0 Å². The molecule has 0 N–H and O–H groups in total. The second-order valence-electron chi connectivity index (χ2n) is 2.95. The van der Waals surface area contributed by atoms with E-state index in [2.05, 4.69) is 15.9 Å². The zero-order valence-electron chi connectivity index (χ0n) is 9.04. The molecule has 0 aliphatic carbocycles. The van der Waals surface area contributed by atoms with Crippen LogP contribution in [0.4, 0.5) is 0 Å². The Kier molecular flexibility index (Phi) is 6.61. The Balaban J connectivity index is 2.36. The maximum Gasteiger partial charge on any atom is 0.133 e. The van der Waals surface area contributed by atoms with Crippen LogP contribution >= 0.6 is 27.5 Å². The number of rotatable bonds is 7. The van der Waals surface area contributed by atoms with E-state index >= 15 is 0 Å². The minimum Gasteiger partial charge on any atom is -0.497 e. The van der Waals surface area contributed by atoms with Crippen molar-refractivity contribution in [3.05, 3.63) is 22.7 Å². The molecule has 0 fully saturated rings. The molecule has 0 radical (unpaired) electrons. The van der Waals surface area contributed by atoms with Gasteiger partial charge in [0.05, 0.1) is 24.8 Å². The molecule has 0 saturated carbocycles. The van der Waals surface area contributed by atoms with Crippen LogP contribution in [0.5, 0.6) is 11.5 Å². The quantitative estimate of drug-likeness (QED) is 0.572. The maximum atomic E-state index is 5.51. The van der Waals surface area contributed by atoms with Gasteiger partial charge in [0.25, 0.3) is 0 Å². The summed E-state index contributed by atoms with van der Waals surface area (Å²) in [6.07, 6.45) is 0. The highest BCUT2D eigenvalue weighted by atomic mass is 79.9. The van der Waals surface area contributed by atoms with Gasteiger partial charge in [0, 0.05) is 5.88 Å². The normalized spacial score (nSPS) is 10.2. The van der Waals surface area contributed by atoms with E-state index in [4.69, 9.17) is 25.8 Å². The summed E-state index contributed by atoms with van der Waals surface area (Å²) in [5.74, 6) is 2.07. The largest absolute Gasteiger partial charge is 0.497 e. The molecule has 0 heterocycles. The summed E-state index contributed by atoms with van der Waals surface area (Å²) in [6.45, 7) is 1.59. The Morgan fingerprint density at radius 2 is 2.06 bits per heavy atom. The fourth-order valence-electron chi connectivity index (χ4n) is 1.09. The molecule has 0 aliphatic heterocycles. The number of ether oxygens (including phenoxy) is 3. The molecule has 3 nitrogen and oxygen atoms in total. The van der Waals surface area contributed by atoms with Gasteiger partial charge >= 0.3 is 0 Å². The lowest BCUT2D eigenvalue weighted by Crippen LogP contribution is -2.08. The van der Waals surface area contributed by atoms with E-state index in [1.165, 1.54) is 0 Å². The minimum absolute atomic E-state index is 0.502. The zero-order chi connectivity index (χ0) is 11.8. The van der Waals surface area contributed by atoms with Gasteiger partial charge in [-0.1, -0.05) is 0 Å². The van der Waals surface area contributed by atoms with Crippen LogP contribution in [0.15, 0.2) is 22.7 Å². The Morgan fingerprint density at radius 1 is 1.25 bits per heavy atom. The molecule has 0 aromatic heterocycles. The SMILES string of the molecule is COc1ccc(OCCOCCCl)c(Br)c1. The highest BCUT2D eigenvalue weighted by Gasteiger charge is 2.02. The van der Waals surface area contributed by atoms with Crippen molar-refractivity contribution in [3.63, 3.8) is 0 Å². The topological polar surface area (TPSA) is 27.7 Å². The average Bonchev–Trinajstić information content (AvgIpc) is 2.30. The summed E-state index contributed by atoms with van der Waals surface area (Å²) in [6, 6.07) is 5.55. The molecule has 0 atom stereocenters. The Labute approximate surface area is 109 Å². The number of alkyl halides is 1. The van der Waals surface area contributed by atoms with E-state index in [0.29, 0.717) is 25.7 Å². The van der Waals surface area contributed by atoms with Crippen LogP contribution in [0.1, 0.15) is 0 Å². The van der Waals surface area contributed by atoms with E-state index in [0.717, 1.165) is 16.0 Å². The van der Waals surface area contributed by atoms with Gasteiger partial charge in [-0.25, -0.2) is 0 Å². The summed E-state index contributed by atoms with van der Waals surface area (Å²) in [5, 5.41) is 0. The molecule has 90 valence electrons. The first kappa shape index (κ1) is 13.6. The number of hydrogen-bond donors (Lipinski definition) is 0. The van der Waals surface area contributed by atoms with Crippen molar-refractivity contribution in [1.29, 1.82) is 0 Å². The van der Waals surface area contributed by atoms with Gasteiger partial charge in [0.2, 0.25) is 0 Å². The van der Waals surface area contributed by atoms with E-state index in [9.17, 15) is 0 Å². The van der Waals surface area contributed by atoms with Crippen molar-refractivity contribution in [3.8, 4) is 11.5 Å². The van der Waals surface area contributed by atoms with Crippen molar-refractivity contribution in [2.45, 2.75) is 0 Å². The van der Waals surface area contributed by atoms with Crippen molar-refractivity contribution >= 4 is 27.5 Å². The van der Waals surface area contributed by atoms with Crippen molar-refractivity contribution in [2.75, 3.05) is 32.8 Å². The van der Waals surface area contributed by atoms with Gasteiger partial charge in [-0.2, -0.15) is 0 Å². The molecule has 5 heteroatoms. The molecular formula is C11H14BrClO3. The van der Waals surface area contributed by atoms with Gasteiger partial charge < -0.3 is 14.2 Å². The van der Waals surface area contributed by atoms with Crippen molar-refractivity contribution in [2.24, 2.45) is 0 Å². The van der Waals surface area contributed by atoms with E-state index in [-0.39, 0.29) is 0 Å². The zero-order valence-corrected chi connectivity index (χ0v) is 11.4. The predicted molar refractivity (Wildman–Crippen MR) is 67.7 cm³/mol. The number of methoxy groups -OCH3 is 1. The molecule has 1 aromatic rings. The maximum absolute atomic E-state index is 5.51. The van der Waals surface area contributed by atoms with Crippen LogP contribution in [-0.2, 0) is 4.74 Å². The van der Waals surface area contributed by atoms with Crippen LogP contribution < -0.4 is 9.47 Å². The monoisotopic (exact) mass is 308 g/mol. The van der Waals surface area contributed by atoms with Crippen LogP contribution in [0.2, 0.25) is 0 Å². The molecule has 0 unspecified atom stereocenters. The van der Waals surface area contributed by atoms with Crippen LogP contribution in [0.3, 0.4) is 0 Å². The third-order valence-corrected chi connectivity index (χ3v) is 2.62. The molecule has 0 saturated heterocycles. The molecule has 0 spiro atoms. The molecule has 1 rings (SSSR count). The third kappa shape index (κ3) is 4.60. The minimum atomic E-state index is 0.502. The first-order valence-corrected chi connectivity index (χ1v) is 6.20. The Morgan fingerprint density at radius 3 is 2.69 bits per heavy atom. The number of hydrogen-bond acceptors (Lipinski definition) is 3. The number of halogens is 2. The molecular weight excluding hydrogens is 295 g/mol. The lowest BCUT2D eigenvalue weighted by atomic mass is 10.3. The third-order valence-electron chi connectivity index (χ3n) is 1.85. The molecule has 0 bridgehead atoms. The number of benzene rings is 1. The fourth-order valence-corrected chi connectivity index (χ4v) is 1.67.